The number of hydroxylamine groups is 2. The molecular weight excluding hydrogens is 238 g/mol. The summed E-state index contributed by atoms with van der Waals surface area (Å²) in [5.41, 5.74) is 0. The molecule has 7 nitrogen and oxygen atoms in total. The van der Waals surface area contributed by atoms with Gasteiger partial charge in [-0.3, -0.25) is 9.59 Å². The zero-order valence-corrected chi connectivity index (χ0v) is 10.3. The van der Waals surface area contributed by atoms with Crippen LogP contribution in [0.5, 0.6) is 0 Å². The molecule has 100 valence electrons. The third kappa shape index (κ3) is 2.79. The summed E-state index contributed by atoms with van der Waals surface area (Å²) < 4.78 is 0. The first-order chi connectivity index (χ1) is 8.58. The molecule has 0 aromatic carbocycles. The maximum absolute atomic E-state index is 11.5. The molecule has 0 bridgehead atoms. The number of hydrogen-bond acceptors (Lipinski definition) is 5. The molecule has 1 N–H and O–H groups in total. The van der Waals surface area contributed by atoms with Gasteiger partial charge in [-0.2, -0.15) is 0 Å². The number of nitrogens with zero attached hydrogens (tertiary/aromatic N) is 2. The molecule has 0 spiro atoms. The van der Waals surface area contributed by atoms with Crippen molar-refractivity contribution < 1.29 is 19.2 Å². The van der Waals surface area contributed by atoms with E-state index < -0.39 is 17.9 Å². The fraction of sp³-hybridized carbons (Fsp3) is 0.727. The van der Waals surface area contributed by atoms with Crippen LogP contribution in [0.15, 0.2) is 0 Å². The largest absolute Gasteiger partial charge is 0.432 e. The lowest BCUT2D eigenvalue weighted by Gasteiger charge is -2.20. The van der Waals surface area contributed by atoms with Crippen molar-refractivity contribution in [3.63, 3.8) is 0 Å². The van der Waals surface area contributed by atoms with Crippen molar-refractivity contribution >= 4 is 17.9 Å². The second-order valence-corrected chi connectivity index (χ2v) is 4.62. The number of likely N-dealkylation sites (tertiary alicyclic amines) is 1. The second-order valence-electron chi connectivity index (χ2n) is 4.62. The van der Waals surface area contributed by atoms with Crippen LogP contribution in [0.3, 0.4) is 0 Å². The van der Waals surface area contributed by atoms with Crippen LogP contribution in [0, 0.1) is 0 Å². The van der Waals surface area contributed by atoms with Crippen LogP contribution in [0.2, 0.25) is 0 Å². The zero-order chi connectivity index (χ0) is 13.1. The molecule has 0 aromatic rings. The number of imide groups is 1. The van der Waals surface area contributed by atoms with Crippen molar-refractivity contribution in [1.29, 1.82) is 0 Å². The van der Waals surface area contributed by atoms with Crippen LogP contribution in [-0.4, -0.2) is 54.0 Å². The Morgan fingerprint density at radius 1 is 1.39 bits per heavy atom. The first kappa shape index (κ1) is 12.8. The minimum absolute atomic E-state index is 0.109. The van der Waals surface area contributed by atoms with Gasteiger partial charge in [-0.1, -0.05) is 0 Å². The molecule has 2 heterocycles. The number of carbonyl (C=O) groups is 3. The van der Waals surface area contributed by atoms with Gasteiger partial charge in [-0.15, -0.1) is 5.06 Å². The molecule has 0 aromatic heterocycles. The van der Waals surface area contributed by atoms with Gasteiger partial charge in [0.1, 0.15) is 0 Å². The first-order valence-corrected chi connectivity index (χ1v) is 6.10. The smallest absolute Gasteiger partial charge is 0.318 e. The molecule has 7 heteroatoms. The summed E-state index contributed by atoms with van der Waals surface area (Å²) in [6.45, 7) is 1.48. The van der Waals surface area contributed by atoms with Crippen molar-refractivity contribution in [3.8, 4) is 0 Å². The Hall–Kier alpha value is -1.63. The van der Waals surface area contributed by atoms with Gasteiger partial charge in [0.15, 0.2) is 0 Å². The number of hydrogen-bond donors (Lipinski definition) is 1. The second kappa shape index (κ2) is 5.34. The maximum atomic E-state index is 11.5. The average molecular weight is 255 g/mol. The Labute approximate surface area is 105 Å². The highest BCUT2D eigenvalue weighted by atomic mass is 16.7. The number of nitrogens with one attached hydrogen (secondary N) is 1. The minimum Gasteiger partial charge on any atom is -0.318 e. The molecular formula is C11H17N3O4. The summed E-state index contributed by atoms with van der Waals surface area (Å²) in [6, 6.07) is 0.294. The molecule has 0 radical (unpaired) electrons. The van der Waals surface area contributed by atoms with E-state index in [1.54, 1.807) is 0 Å². The Kier molecular flexibility index (Phi) is 3.81. The Morgan fingerprint density at radius 2 is 2.06 bits per heavy atom. The van der Waals surface area contributed by atoms with Gasteiger partial charge < -0.3 is 15.1 Å². The van der Waals surface area contributed by atoms with E-state index in [0.717, 1.165) is 19.4 Å². The number of carbonyl (C=O) groups excluding carboxylic acids is 3. The summed E-state index contributed by atoms with van der Waals surface area (Å²) in [5, 5.41) is 3.12. The van der Waals surface area contributed by atoms with Gasteiger partial charge >= 0.3 is 6.09 Å². The van der Waals surface area contributed by atoms with Crippen LogP contribution in [0.25, 0.3) is 0 Å². The van der Waals surface area contributed by atoms with E-state index in [0.29, 0.717) is 17.6 Å². The van der Waals surface area contributed by atoms with Gasteiger partial charge in [0.25, 0.3) is 11.8 Å². The normalized spacial score (nSPS) is 24.7. The molecule has 2 fully saturated rings. The van der Waals surface area contributed by atoms with Crippen LogP contribution < -0.4 is 5.32 Å². The van der Waals surface area contributed by atoms with Crippen molar-refractivity contribution in [1.82, 2.24) is 15.3 Å². The standard InChI is InChI=1S/C11H17N3O4/c1-13-6-2-3-8(13)7-12-11(17)18-14-9(15)4-5-10(14)16/h8H,2-7H2,1H3,(H,12,17). The molecule has 0 saturated carbocycles. The van der Waals surface area contributed by atoms with Crippen LogP contribution in [0.4, 0.5) is 4.79 Å². The van der Waals surface area contributed by atoms with Crippen LogP contribution >= 0.6 is 0 Å². The van der Waals surface area contributed by atoms with E-state index in [4.69, 9.17) is 4.84 Å². The van der Waals surface area contributed by atoms with E-state index in [1.807, 2.05) is 7.05 Å². The number of likely N-dealkylation sites (N-methyl/N-ethyl adjacent to an activating group) is 1. The lowest BCUT2D eigenvalue weighted by atomic mass is 10.2. The first-order valence-electron chi connectivity index (χ1n) is 6.10. The summed E-state index contributed by atoms with van der Waals surface area (Å²) in [6.07, 6.45) is 1.60. The van der Waals surface area contributed by atoms with Crippen molar-refractivity contribution in [3.05, 3.63) is 0 Å². The van der Waals surface area contributed by atoms with Gasteiger partial charge in [0.05, 0.1) is 0 Å². The topological polar surface area (TPSA) is 79.0 Å². The third-order valence-corrected chi connectivity index (χ3v) is 3.33. The SMILES string of the molecule is CN1CCCC1CNC(=O)ON1C(=O)CCC1=O. The average Bonchev–Trinajstić information content (AvgIpc) is 2.87. The third-order valence-electron chi connectivity index (χ3n) is 3.33. The van der Waals surface area contributed by atoms with Crippen molar-refractivity contribution in [2.75, 3.05) is 20.1 Å². The van der Waals surface area contributed by atoms with E-state index in [-0.39, 0.29) is 12.8 Å². The number of rotatable bonds is 3. The van der Waals surface area contributed by atoms with Gasteiger partial charge in [0.2, 0.25) is 0 Å². The van der Waals surface area contributed by atoms with E-state index in [1.165, 1.54) is 0 Å². The molecule has 0 aliphatic carbocycles. The Balaban J connectivity index is 1.75. The Bertz CT molecular complexity index is 355. The molecule has 1 atom stereocenters. The maximum Gasteiger partial charge on any atom is 0.432 e. The quantitative estimate of drug-likeness (QED) is 0.711. The minimum atomic E-state index is -0.751. The lowest BCUT2D eigenvalue weighted by Crippen LogP contribution is -2.42. The van der Waals surface area contributed by atoms with Crippen LogP contribution in [-0.2, 0) is 14.4 Å². The monoisotopic (exact) mass is 255 g/mol. The predicted molar refractivity (Wildman–Crippen MR) is 61.2 cm³/mol. The fourth-order valence-corrected chi connectivity index (χ4v) is 2.21. The van der Waals surface area contributed by atoms with Crippen molar-refractivity contribution in [2.24, 2.45) is 0 Å². The van der Waals surface area contributed by atoms with E-state index in [2.05, 4.69) is 10.2 Å². The highest BCUT2D eigenvalue weighted by Gasteiger charge is 2.33. The van der Waals surface area contributed by atoms with Gasteiger partial charge in [0, 0.05) is 25.4 Å². The van der Waals surface area contributed by atoms with Gasteiger partial charge in [-0.05, 0) is 26.4 Å². The molecule has 2 aliphatic rings. The van der Waals surface area contributed by atoms with Crippen LogP contribution in [0.1, 0.15) is 25.7 Å². The predicted octanol–water partition coefficient (Wildman–Crippen LogP) is -0.129. The number of amides is 3. The molecule has 3 amide bonds. The van der Waals surface area contributed by atoms with Gasteiger partial charge in [-0.25, -0.2) is 4.79 Å². The molecule has 2 saturated heterocycles. The molecule has 2 rings (SSSR count). The summed E-state index contributed by atoms with van der Waals surface area (Å²) in [5.74, 6) is -0.929. The Morgan fingerprint density at radius 3 is 2.61 bits per heavy atom. The van der Waals surface area contributed by atoms with Crippen molar-refractivity contribution in [2.45, 2.75) is 31.7 Å². The summed E-state index contributed by atoms with van der Waals surface area (Å²) >= 11 is 0. The molecule has 2 aliphatic heterocycles. The van der Waals surface area contributed by atoms with E-state index >= 15 is 0 Å². The highest BCUT2D eigenvalue weighted by Crippen LogP contribution is 2.14. The fourth-order valence-electron chi connectivity index (χ4n) is 2.21. The highest BCUT2D eigenvalue weighted by molar-refractivity contribution is 6.01. The summed E-state index contributed by atoms with van der Waals surface area (Å²) in [4.78, 5) is 40.8. The zero-order valence-electron chi connectivity index (χ0n) is 10.3. The molecule has 1 unspecified atom stereocenters. The lowest BCUT2D eigenvalue weighted by molar-refractivity contribution is -0.171. The molecule has 18 heavy (non-hydrogen) atoms. The van der Waals surface area contributed by atoms with E-state index in [9.17, 15) is 14.4 Å². The summed E-state index contributed by atoms with van der Waals surface area (Å²) in [7, 11) is 2.00.